The van der Waals surface area contributed by atoms with Gasteiger partial charge in [-0.3, -0.25) is 0 Å². The summed E-state index contributed by atoms with van der Waals surface area (Å²) in [5, 5.41) is 11.2. The lowest BCUT2D eigenvalue weighted by molar-refractivity contribution is 1.17. The van der Waals surface area contributed by atoms with Crippen LogP contribution in [-0.2, 0) is 0 Å². The van der Waals surface area contributed by atoms with E-state index >= 15 is 0 Å². The fourth-order valence-corrected chi connectivity index (χ4v) is 1.02. The molecule has 0 fully saturated rings. The third-order valence-electron chi connectivity index (χ3n) is 1.56. The van der Waals surface area contributed by atoms with E-state index in [1.807, 2.05) is 6.07 Å². The van der Waals surface area contributed by atoms with Crippen LogP contribution >= 0.6 is 0 Å². The van der Waals surface area contributed by atoms with Gasteiger partial charge in [0.1, 0.15) is 18.4 Å². The van der Waals surface area contributed by atoms with Gasteiger partial charge in [0.15, 0.2) is 11.5 Å². The van der Waals surface area contributed by atoms with E-state index in [-0.39, 0.29) is 6.54 Å². The first-order valence-corrected chi connectivity index (χ1v) is 3.66. The summed E-state index contributed by atoms with van der Waals surface area (Å²) in [5.41, 5.74) is 1.31. The largest absolute Gasteiger partial charge is 0.355 e. The molecule has 0 saturated carbocycles. The van der Waals surface area contributed by atoms with Crippen LogP contribution in [0.3, 0.4) is 0 Å². The van der Waals surface area contributed by atoms with Crippen LogP contribution in [0, 0.1) is 11.3 Å². The summed E-state index contributed by atoms with van der Waals surface area (Å²) < 4.78 is 0. The number of imidazole rings is 1. The molecule has 64 valence electrons. The Morgan fingerprint density at radius 2 is 2.38 bits per heavy atom. The van der Waals surface area contributed by atoms with Gasteiger partial charge in [-0.1, -0.05) is 0 Å². The average Bonchev–Trinajstić information content (AvgIpc) is 2.62. The first-order chi connectivity index (χ1) is 6.42. The standard InChI is InChI=1S/C7H6N6/c8-1-2-9-6-5-7(11-3-10-5)13-4-12-6/h3-4H,2H2,(H2,9,10,11,12,13). The van der Waals surface area contributed by atoms with Crippen LogP contribution in [0.25, 0.3) is 11.2 Å². The normalized spacial score (nSPS) is 9.77. The van der Waals surface area contributed by atoms with E-state index in [2.05, 4.69) is 25.3 Å². The number of anilines is 1. The van der Waals surface area contributed by atoms with Crippen molar-refractivity contribution in [3.63, 3.8) is 0 Å². The summed E-state index contributed by atoms with van der Waals surface area (Å²) in [7, 11) is 0. The molecule has 0 spiro atoms. The van der Waals surface area contributed by atoms with Gasteiger partial charge in [-0.2, -0.15) is 5.26 Å². The number of fused-ring (bicyclic) bond motifs is 1. The van der Waals surface area contributed by atoms with E-state index in [0.717, 1.165) is 5.52 Å². The summed E-state index contributed by atoms with van der Waals surface area (Å²) >= 11 is 0. The highest BCUT2D eigenvalue weighted by atomic mass is 15.1. The van der Waals surface area contributed by atoms with E-state index in [9.17, 15) is 0 Å². The second kappa shape index (κ2) is 3.06. The van der Waals surface area contributed by atoms with Crippen molar-refractivity contribution in [3.8, 4) is 6.07 Å². The van der Waals surface area contributed by atoms with Gasteiger partial charge in [0.05, 0.1) is 12.4 Å². The third-order valence-corrected chi connectivity index (χ3v) is 1.56. The van der Waals surface area contributed by atoms with Gasteiger partial charge in [-0.25, -0.2) is 15.0 Å². The van der Waals surface area contributed by atoms with Crippen LogP contribution in [0.4, 0.5) is 5.82 Å². The van der Waals surface area contributed by atoms with Crippen LogP contribution in [0.15, 0.2) is 12.7 Å². The monoisotopic (exact) mass is 174 g/mol. The molecular weight excluding hydrogens is 168 g/mol. The fourth-order valence-electron chi connectivity index (χ4n) is 1.02. The van der Waals surface area contributed by atoms with Crippen molar-refractivity contribution in [2.45, 2.75) is 0 Å². The Morgan fingerprint density at radius 3 is 3.23 bits per heavy atom. The molecule has 2 aromatic rings. The highest BCUT2D eigenvalue weighted by molar-refractivity contribution is 5.81. The Kier molecular flexibility index (Phi) is 1.77. The second-order valence-electron chi connectivity index (χ2n) is 2.34. The molecular formula is C7H6N6. The van der Waals surface area contributed by atoms with Crippen LogP contribution < -0.4 is 5.32 Å². The predicted octanol–water partition coefficient (Wildman–Crippen LogP) is 0.288. The lowest BCUT2D eigenvalue weighted by Gasteiger charge is -1.99. The van der Waals surface area contributed by atoms with Crippen LogP contribution in [-0.4, -0.2) is 26.5 Å². The van der Waals surface area contributed by atoms with E-state index in [1.54, 1.807) is 0 Å². The molecule has 2 aromatic heterocycles. The van der Waals surface area contributed by atoms with Gasteiger partial charge in [-0.05, 0) is 0 Å². The second-order valence-corrected chi connectivity index (χ2v) is 2.34. The van der Waals surface area contributed by atoms with Gasteiger partial charge in [-0.15, -0.1) is 0 Å². The number of aromatic nitrogens is 4. The molecule has 0 aliphatic heterocycles. The smallest absolute Gasteiger partial charge is 0.182 e. The Labute approximate surface area is 73.7 Å². The lowest BCUT2D eigenvalue weighted by atomic mass is 10.5. The first-order valence-electron chi connectivity index (χ1n) is 3.66. The molecule has 2 rings (SSSR count). The molecule has 0 aromatic carbocycles. The summed E-state index contributed by atoms with van der Waals surface area (Å²) in [6.45, 7) is 0.213. The van der Waals surface area contributed by atoms with Crippen molar-refractivity contribution >= 4 is 17.0 Å². The minimum absolute atomic E-state index is 0.213. The summed E-state index contributed by atoms with van der Waals surface area (Å²) in [6.07, 6.45) is 2.94. The van der Waals surface area contributed by atoms with Crippen molar-refractivity contribution < 1.29 is 0 Å². The minimum Gasteiger partial charge on any atom is -0.355 e. The lowest BCUT2D eigenvalue weighted by Crippen LogP contribution is -2.01. The predicted molar refractivity (Wildman–Crippen MR) is 45.8 cm³/mol. The Balaban J connectivity index is 2.44. The molecule has 6 nitrogen and oxygen atoms in total. The topological polar surface area (TPSA) is 90.3 Å². The van der Waals surface area contributed by atoms with Crippen molar-refractivity contribution in [3.05, 3.63) is 12.7 Å². The molecule has 13 heavy (non-hydrogen) atoms. The minimum atomic E-state index is 0.213. The van der Waals surface area contributed by atoms with Crippen LogP contribution in [0.1, 0.15) is 0 Å². The number of nitrogens with one attached hydrogen (secondary N) is 2. The fraction of sp³-hybridized carbons (Fsp3) is 0.143. The molecule has 0 bridgehead atoms. The highest BCUT2D eigenvalue weighted by Gasteiger charge is 2.03. The zero-order valence-corrected chi connectivity index (χ0v) is 6.65. The van der Waals surface area contributed by atoms with E-state index in [1.165, 1.54) is 12.7 Å². The van der Waals surface area contributed by atoms with Gasteiger partial charge < -0.3 is 10.3 Å². The maximum Gasteiger partial charge on any atom is 0.182 e. The molecule has 0 aliphatic rings. The quantitative estimate of drug-likeness (QED) is 0.638. The number of rotatable bonds is 2. The third kappa shape index (κ3) is 1.27. The Bertz CT molecular complexity index is 453. The van der Waals surface area contributed by atoms with Gasteiger partial charge >= 0.3 is 0 Å². The number of hydrogen-bond donors (Lipinski definition) is 2. The van der Waals surface area contributed by atoms with E-state index < -0.39 is 0 Å². The SMILES string of the molecule is N#CCNc1ncnc2nc[nH]c12. The van der Waals surface area contributed by atoms with Crippen LogP contribution in [0.2, 0.25) is 0 Å². The van der Waals surface area contributed by atoms with E-state index in [4.69, 9.17) is 5.26 Å². The highest BCUT2D eigenvalue weighted by Crippen LogP contribution is 2.13. The summed E-state index contributed by atoms with van der Waals surface area (Å²) in [5.74, 6) is 0.601. The molecule has 0 aliphatic carbocycles. The molecule has 0 radical (unpaired) electrons. The number of aromatic amines is 1. The molecule has 2 N–H and O–H groups in total. The molecule has 0 amide bonds. The molecule has 6 heteroatoms. The van der Waals surface area contributed by atoms with Gasteiger partial charge in [0.2, 0.25) is 0 Å². The maximum atomic E-state index is 8.37. The molecule has 0 atom stereocenters. The van der Waals surface area contributed by atoms with Crippen molar-refractivity contribution in [1.29, 1.82) is 5.26 Å². The molecule has 0 unspecified atom stereocenters. The van der Waals surface area contributed by atoms with Crippen molar-refractivity contribution in [2.75, 3.05) is 11.9 Å². The number of nitriles is 1. The first kappa shape index (κ1) is 7.49. The van der Waals surface area contributed by atoms with Crippen LogP contribution in [0.5, 0.6) is 0 Å². The Morgan fingerprint density at radius 1 is 1.46 bits per heavy atom. The number of nitrogens with zero attached hydrogens (tertiary/aromatic N) is 4. The molecule has 2 heterocycles. The zero-order chi connectivity index (χ0) is 9.10. The number of H-pyrrole nitrogens is 1. The number of hydrogen-bond acceptors (Lipinski definition) is 5. The van der Waals surface area contributed by atoms with Crippen molar-refractivity contribution in [2.24, 2.45) is 0 Å². The zero-order valence-electron chi connectivity index (χ0n) is 6.65. The van der Waals surface area contributed by atoms with Gasteiger partial charge in [0, 0.05) is 0 Å². The Hall–Kier alpha value is -2.16. The maximum absolute atomic E-state index is 8.37. The summed E-state index contributed by atoms with van der Waals surface area (Å²) in [6, 6.07) is 1.97. The summed E-state index contributed by atoms with van der Waals surface area (Å²) in [4.78, 5) is 14.8. The molecule has 0 saturated heterocycles. The van der Waals surface area contributed by atoms with Gasteiger partial charge in [0.25, 0.3) is 0 Å². The van der Waals surface area contributed by atoms with Crippen molar-refractivity contribution in [1.82, 2.24) is 19.9 Å². The average molecular weight is 174 g/mol. The van der Waals surface area contributed by atoms with E-state index in [0.29, 0.717) is 11.5 Å².